The zero-order valence-corrected chi connectivity index (χ0v) is 15.7. The topological polar surface area (TPSA) is 107 Å². The number of phenolic OH excluding ortho intramolecular Hbond substituents is 1. The average molecular weight is 393 g/mol. The molecule has 0 saturated heterocycles. The van der Waals surface area contributed by atoms with Crippen molar-refractivity contribution in [2.45, 2.75) is 13.5 Å². The highest BCUT2D eigenvalue weighted by Crippen LogP contribution is 2.28. The lowest BCUT2D eigenvalue weighted by molar-refractivity contribution is -0.385. The second-order valence-corrected chi connectivity index (χ2v) is 6.15. The fourth-order valence-corrected chi connectivity index (χ4v) is 2.83. The Labute approximate surface area is 166 Å². The number of nitro benzene ring substituents is 1. The molecule has 1 heterocycles. The summed E-state index contributed by atoms with van der Waals surface area (Å²) in [4.78, 5) is 27.3. The van der Waals surface area contributed by atoms with Gasteiger partial charge in [-0.1, -0.05) is 36.4 Å². The lowest BCUT2D eigenvalue weighted by Crippen LogP contribution is -2.12. The average Bonchev–Trinajstić information content (AvgIpc) is 3.15. The van der Waals surface area contributed by atoms with Gasteiger partial charge in [-0.15, -0.1) is 0 Å². The van der Waals surface area contributed by atoms with Crippen molar-refractivity contribution in [1.29, 1.82) is 0 Å². The number of carbonyl (C=O) groups excluding carboxylic acids is 1. The van der Waals surface area contributed by atoms with Crippen LogP contribution in [0.25, 0.3) is 11.6 Å². The predicted octanol–water partition coefficient (Wildman–Crippen LogP) is 3.65. The molecule has 0 aliphatic heterocycles. The number of hydrogen-bond donors (Lipinski definition) is 1. The number of nitro groups is 1. The van der Waals surface area contributed by atoms with E-state index in [1.165, 1.54) is 24.3 Å². The summed E-state index contributed by atoms with van der Waals surface area (Å²) in [6.45, 7) is 2.35. The van der Waals surface area contributed by atoms with Crippen molar-refractivity contribution >= 4 is 23.3 Å². The number of aromatic hydroxyl groups is 1. The molecule has 0 saturated carbocycles. The van der Waals surface area contributed by atoms with Gasteiger partial charge in [0.15, 0.2) is 5.75 Å². The van der Waals surface area contributed by atoms with Gasteiger partial charge in [0.05, 0.1) is 11.5 Å². The molecule has 2 aromatic carbocycles. The summed E-state index contributed by atoms with van der Waals surface area (Å²) < 4.78 is 6.96. The highest BCUT2D eigenvalue weighted by Gasteiger charge is 2.20. The minimum absolute atomic E-state index is 0.160. The van der Waals surface area contributed by atoms with E-state index in [4.69, 9.17) is 4.74 Å². The molecule has 3 aromatic rings. The predicted molar refractivity (Wildman–Crippen MR) is 107 cm³/mol. The number of benzene rings is 2. The third-order valence-corrected chi connectivity index (χ3v) is 4.15. The highest BCUT2D eigenvalue weighted by molar-refractivity contribution is 6.20. The van der Waals surface area contributed by atoms with Gasteiger partial charge in [0.1, 0.15) is 11.4 Å². The van der Waals surface area contributed by atoms with Crippen molar-refractivity contribution in [3.8, 4) is 5.75 Å². The third-order valence-electron chi connectivity index (χ3n) is 4.15. The largest absolute Gasteiger partial charge is 0.502 e. The second kappa shape index (κ2) is 8.83. The van der Waals surface area contributed by atoms with E-state index in [-0.39, 0.29) is 12.2 Å². The van der Waals surface area contributed by atoms with Crippen LogP contribution >= 0.6 is 0 Å². The van der Waals surface area contributed by atoms with Crippen LogP contribution in [-0.4, -0.2) is 32.2 Å². The van der Waals surface area contributed by atoms with Crippen LogP contribution in [0.15, 0.2) is 60.9 Å². The molecule has 1 aromatic heterocycles. The van der Waals surface area contributed by atoms with Crippen molar-refractivity contribution in [2.24, 2.45) is 0 Å². The Morgan fingerprint density at radius 1 is 1.28 bits per heavy atom. The Hall–Kier alpha value is -3.94. The van der Waals surface area contributed by atoms with Gasteiger partial charge in [-0.3, -0.25) is 10.1 Å². The molecule has 1 N–H and O–H groups in total. The van der Waals surface area contributed by atoms with E-state index >= 15 is 0 Å². The van der Waals surface area contributed by atoms with Crippen LogP contribution in [0, 0.1) is 10.1 Å². The molecule has 8 nitrogen and oxygen atoms in total. The summed E-state index contributed by atoms with van der Waals surface area (Å²) in [5.41, 5.74) is 1.10. The molecular formula is C21H19N3O5. The lowest BCUT2D eigenvalue weighted by Gasteiger charge is -2.11. The summed E-state index contributed by atoms with van der Waals surface area (Å²) in [5.74, 6) is -0.665. The van der Waals surface area contributed by atoms with Crippen LogP contribution in [0.2, 0.25) is 0 Å². The first kappa shape index (κ1) is 19.8. The zero-order valence-electron chi connectivity index (χ0n) is 15.7. The maximum Gasteiger partial charge on any atom is 0.341 e. The van der Waals surface area contributed by atoms with Crippen molar-refractivity contribution in [1.82, 2.24) is 9.55 Å². The van der Waals surface area contributed by atoms with E-state index in [2.05, 4.69) is 4.98 Å². The number of ether oxygens (including phenoxy) is 1. The van der Waals surface area contributed by atoms with Crippen LogP contribution in [0.4, 0.5) is 5.69 Å². The summed E-state index contributed by atoms with van der Waals surface area (Å²) in [7, 11) is 0. The fraction of sp³-hybridized carbons (Fsp3) is 0.143. The van der Waals surface area contributed by atoms with Crippen molar-refractivity contribution in [3.05, 3.63) is 88.0 Å². The Balaban J connectivity index is 2.05. The number of phenols is 1. The van der Waals surface area contributed by atoms with Gasteiger partial charge in [0, 0.05) is 25.0 Å². The quantitative estimate of drug-likeness (QED) is 0.284. The van der Waals surface area contributed by atoms with E-state index in [0.717, 1.165) is 5.56 Å². The van der Waals surface area contributed by atoms with E-state index < -0.39 is 22.3 Å². The molecule has 0 radical (unpaired) electrons. The van der Waals surface area contributed by atoms with E-state index in [1.54, 1.807) is 23.9 Å². The molecule has 0 atom stereocenters. The van der Waals surface area contributed by atoms with E-state index in [9.17, 15) is 20.0 Å². The number of imidazole rings is 1. The first-order valence-electron chi connectivity index (χ1n) is 8.91. The molecule has 0 bridgehead atoms. The Bertz CT molecular complexity index is 1060. The number of rotatable bonds is 7. The minimum Gasteiger partial charge on any atom is -0.502 e. The van der Waals surface area contributed by atoms with E-state index in [0.29, 0.717) is 17.9 Å². The molecule has 29 heavy (non-hydrogen) atoms. The molecule has 0 aliphatic carbocycles. The van der Waals surface area contributed by atoms with Crippen molar-refractivity contribution in [2.75, 3.05) is 6.61 Å². The summed E-state index contributed by atoms with van der Waals surface area (Å²) in [6, 6.07) is 13.6. The number of carbonyl (C=O) groups is 1. The molecule has 0 aliphatic rings. The minimum atomic E-state index is -0.687. The Morgan fingerprint density at radius 2 is 2.03 bits per heavy atom. The standard InChI is InChI=1S/C21H19N3O5/c1-2-29-21(26)17(12-16-8-9-19(25)18(13-16)24(27)28)20-22-10-11-23(20)14-15-6-4-3-5-7-15/h3-13,25H,2,14H2,1H3/b17-12+. The first-order chi connectivity index (χ1) is 14.0. The van der Waals surface area contributed by atoms with Gasteiger partial charge in [-0.05, 0) is 30.2 Å². The first-order valence-corrected chi connectivity index (χ1v) is 8.91. The van der Waals surface area contributed by atoms with Gasteiger partial charge < -0.3 is 14.4 Å². The third kappa shape index (κ3) is 4.67. The number of aromatic nitrogens is 2. The molecule has 0 amide bonds. The molecule has 0 fully saturated rings. The lowest BCUT2D eigenvalue weighted by atomic mass is 10.1. The fourth-order valence-electron chi connectivity index (χ4n) is 2.83. The summed E-state index contributed by atoms with van der Waals surface area (Å²) >= 11 is 0. The van der Waals surface area contributed by atoms with Gasteiger partial charge in [-0.25, -0.2) is 9.78 Å². The van der Waals surface area contributed by atoms with Crippen molar-refractivity contribution in [3.63, 3.8) is 0 Å². The number of esters is 1. The van der Waals surface area contributed by atoms with Gasteiger partial charge >= 0.3 is 11.7 Å². The number of hydrogen-bond acceptors (Lipinski definition) is 6. The maximum atomic E-state index is 12.6. The molecular weight excluding hydrogens is 374 g/mol. The number of nitrogens with zero attached hydrogens (tertiary/aromatic N) is 3. The molecule has 0 unspecified atom stereocenters. The zero-order chi connectivity index (χ0) is 20.8. The molecule has 148 valence electrons. The van der Waals surface area contributed by atoms with Gasteiger partial charge in [0.2, 0.25) is 0 Å². The van der Waals surface area contributed by atoms with Crippen LogP contribution in [0.5, 0.6) is 5.75 Å². The second-order valence-electron chi connectivity index (χ2n) is 6.15. The molecule has 0 spiro atoms. The van der Waals surface area contributed by atoms with Crippen LogP contribution in [0.1, 0.15) is 23.9 Å². The summed E-state index contributed by atoms with van der Waals surface area (Å²) in [6.07, 6.45) is 4.79. The van der Waals surface area contributed by atoms with Gasteiger partial charge in [0.25, 0.3) is 0 Å². The normalized spacial score (nSPS) is 11.3. The Morgan fingerprint density at radius 3 is 2.72 bits per heavy atom. The molecule has 3 rings (SSSR count). The highest BCUT2D eigenvalue weighted by atomic mass is 16.6. The van der Waals surface area contributed by atoms with E-state index in [1.807, 2.05) is 30.3 Å². The van der Waals surface area contributed by atoms with Crippen LogP contribution in [-0.2, 0) is 16.1 Å². The smallest absolute Gasteiger partial charge is 0.341 e. The van der Waals surface area contributed by atoms with Crippen LogP contribution in [0.3, 0.4) is 0 Å². The summed E-state index contributed by atoms with van der Waals surface area (Å²) in [5, 5.41) is 20.8. The van der Waals surface area contributed by atoms with Crippen LogP contribution < -0.4 is 0 Å². The maximum absolute atomic E-state index is 12.6. The Kier molecular flexibility index (Phi) is 6.03. The molecule has 8 heteroatoms. The monoisotopic (exact) mass is 393 g/mol. The SMILES string of the molecule is CCOC(=O)/C(=C/c1ccc(O)c([N+](=O)[O-])c1)c1nccn1Cc1ccccc1. The van der Waals surface area contributed by atoms with Gasteiger partial charge in [-0.2, -0.15) is 0 Å². The van der Waals surface area contributed by atoms with Crippen molar-refractivity contribution < 1.29 is 19.6 Å².